The molecule has 2 rings (SSSR count). The lowest BCUT2D eigenvalue weighted by atomic mass is 10.0. The normalized spacial score (nSPS) is 24.7. The highest BCUT2D eigenvalue weighted by Crippen LogP contribution is 2.24. The highest BCUT2D eigenvalue weighted by molar-refractivity contribution is 5.83. The molecule has 5 nitrogen and oxygen atoms in total. The zero-order valence-corrected chi connectivity index (χ0v) is 10.8. The van der Waals surface area contributed by atoms with Crippen molar-refractivity contribution >= 4 is 11.8 Å². The number of fused-ring (bicyclic) bond motifs is 1. The molecule has 5 heteroatoms. The van der Waals surface area contributed by atoms with E-state index in [1.54, 1.807) is 4.90 Å². The molecule has 2 aliphatic heterocycles. The molecule has 2 heterocycles. The molecule has 0 bridgehead atoms. The maximum Gasteiger partial charge on any atom is 0.240 e. The van der Waals surface area contributed by atoms with Crippen LogP contribution in [0.2, 0.25) is 0 Å². The van der Waals surface area contributed by atoms with Crippen LogP contribution in [0.1, 0.15) is 32.6 Å². The molecule has 18 heavy (non-hydrogen) atoms. The highest BCUT2D eigenvalue weighted by Gasteiger charge is 2.38. The lowest BCUT2D eigenvalue weighted by molar-refractivity contribution is -0.140. The Morgan fingerprint density at radius 2 is 2.33 bits per heavy atom. The van der Waals surface area contributed by atoms with Gasteiger partial charge in [0.05, 0.1) is 6.07 Å². The molecule has 0 spiro atoms. The van der Waals surface area contributed by atoms with Gasteiger partial charge in [-0.1, -0.05) is 13.3 Å². The van der Waals surface area contributed by atoms with E-state index < -0.39 is 5.92 Å². The van der Waals surface area contributed by atoms with Crippen molar-refractivity contribution < 1.29 is 9.59 Å². The minimum atomic E-state index is -0.515. The number of carbonyl (C=O) groups is 2. The molecular weight excluding hydrogens is 230 g/mol. The van der Waals surface area contributed by atoms with Crippen LogP contribution in [0, 0.1) is 17.2 Å². The van der Waals surface area contributed by atoms with Crippen LogP contribution < -0.4 is 0 Å². The number of hydrogen-bond donors (Lipinski definition) is 0. The number of piperazine rings is 1. The van der Waals surface area contributed by atoms with E-state index in [0.717, 1.165) is 12.8 Å². The Bertz CT molecular complexity index is 388. The monoisotopic (exact) mass is 249 g/mol. The zero-order valence-electron chi connectivity index (χ0n) is 10.8. The van der Waals surface area contributed by atoms with Crippen molar-refractivity contribution in [3.63, 3.8) is 0 Å². The maximum absolute atomic E-state index is 12.2. The molecule has 0 aliphatic carbocycles. The van der Waals surface area contributed by atoms with E-state index >= 15 is 0 Å². The third-order valence-corrected chi connectivity index (χ3v) is 3.84. The first-order valence-electron chi connectivity index (χ1n) is 6.65. The van der Waals surface area contributed by atoms with Gasteiger partial charge >= 0.3 is 0 Å². The quantitative estimate of drug-likeness (QED) is 0.741. The number of nitrogens with zero attached hydrogens (tertiary/aromatic N) is 3. The van der Waals surface area contributed by atoms with E-state index in [4.69, 9.17) is 5.26 Å². The number of nitriles is 1. The molecule has 2 saturated heterocycles. The van der Waals surface area contributed by atoms with E-state index in [9.17, 15) is 9.59 Å². The predicted molar refractivity (Wildman–Crippen MR) is 65.3 cm³/mol. The molecule has 0 aromatic rings. The Labute approximate surface area is 107 Å². The fraction of sp³-hybridized carbons (Fsp3) is 0.769. The molecule has 2 atom stereocenters. The van der Waals surface area contributed by atoms with E-state index in [0.29, 0.717) is 32.5 Å². The molecule has 2 amide bonds. The van der Waals surface area contributed by atoms with Gasteiger partial charge in [0.25, 0.3) is 0 Å². The molecule has 2 fully saturated rings. The van der Waals surface area contributed by atoms with Gasteiger partial charge in [0, 0.05) is 32.1 Å². The molecule has 98 valence electrons. The fourth-order valence-electron chi connectivity index (χ4n) is 2.82. The largest absolute Gasteiger partial charge is 0.338 e. The average Bonchev–Trinajstić information content (AvgIpc) is 2.76. The molecule has 0 saturated carbocycles. The van der Waals surface area contributed by atoms with Crippen molar-refractivity contribution in [2.75, 3.05) is 19.6 Å². The Hall–Kier alpha value is -1.57. The van der Waals surface area contributed by atoms with Crippen LogP contribution in [-0.4, -0.2) is 47.3 Å². The number of hydrogen-bond acceptors (Lipinski definition) is 3. The summed E-state index contributed by atoms with van der Waals surface area (Å²) in [6.07, 6.45) is 2.90. The maximum atomic E-state index is 12.2. The molecule has 2 unspecified atom stereocenters. The number of rotatable bonds is 3. The minimum absolute atomic E-state index is 0.0571. The van der Waals surface area contributed by atoms with Crippen LogP contribution in [0.15, 0.2) is 0 Å². The van der Waals surface area contributed by atoms with Gasteiger partial charge in [-0.15, -0.1) is 0 Å². The van der Waals surface area contributed by atoms with Gasteiger partial charge in [-0.2, -0.15) is 5.26 Å². The van der Waals surface area contributed by atoms with E-state index in [1.807, 2.05) is 11.8 Å². The third-order valence-electron chi connectivity index (χ3n) is 3.84. The van der Waals surface area contributed by atoms with Crippen LogP contribution in [-0.2, 0) is 9.59 Å². The summed E-state index contributed by atoms with van der Waals surface area (Å²) in [6, 6.07) is 2.27. The summed E-state index contributed by atoms with van der Waals surface area (Å²) in [5.74, 6) is -0.366. The molecule has 0 aromatic carbocycles. The standard InChI is InChI=1S/C13H19N3O2/c1-2-3-10(8-14)13(18)15-6-7-16-11(9-15)4-5-12(16)17/h10-11H,2-7,9H2,1H3. The number of amides is 2. The van der Waals surface area contributed by atoms with E-state index in [-0.39, 0.29) is 17.9 Å². The summed E-state index contributed by atoms with van der Waals surface area (Å²) in [7, 11) is 0. The Morgan fingerprint density at radius 1 is 1.56 bits per heavy atom. The predicted octanol–water partition coefficient (Wildman–Crippen LogP) is 0.759. The smallest absolute Gasteiger partial charge is 0.240 e. The van der Waals surface area contributed by atoms with Gasteiger partial charge in [-0.05, 0) is 12.8 Å². The first-order chi connectivity index (χ1) is 8.67. The first kappa shape index (κ1) is 12.9. The summed E-state index contributed by atoms with van der Waals surface area (Å²) in [6.45, 7) is 3.78. The molecule has 0 radical (unpaired) electrons. The molecular formula is C13H19N3O2. The lowest BCUT2D eigenvalue weighted by Crippen LogP contribution is -2.54. The fourth-order valence-corrected chi connectivity index (χ4v) is 2.82. The van der Waals surface area contributed by atoms with Crippen molar-refractivity contribution in [3.8, 4) is 6.07 Å². The van der Waals surface area contributed by atoms with Crippen LogP contribution >= 0.6 is 0 Å². The van der Waals surface area contributed by atoms with E-state index in [2.05, 4.69) is 6.07 Å². The average molecular weight is 249 g/mol. The Kier molecular flexibility index (Phi) is 3.85. The summed E-state index contributed by atoms with van der Waals surface area (Å²) < 4.78 is 0. The lowest BCUT2D eigenvalue weighted by Gasteiger charge is -2.38. The summed E-state index contributed by atoms with van der Waals surface area (Å²) in [4.78, 5) is 27.4. The van der Waals surface area contributed by atoms with Crippen molar-refractivity contribution in [2.24, 2.45) is 5.92 Å². The second kappa shape index (κ2) is 5.38. The van der Waals surface area contributed by atoms with Crippen molar-refractivity contribution in [2.45, 2.75) is 38.6 Å². The Morgan fingerprint density at radius 3 is 3.00 bits per heavy atom. The van der Waals surface area contributed by atoms with Crippen LogP contribution in [0.4, 0.5) is 0 Å². The van der Waals surface area contributed by atoms with Gasteiger partial charge in [0.1, 0.15) is 5.92 Å². The zero-order chi connectivity index (χ0) is 13.1. The van der Waals surface area contributed by atoms with Gasteiger partial charge in [-0.25, -0.2) is 0 Å². The first-order valence-corrected chi connectivity index (χ1v) is 6.65. The summed E-state index contributed by atoms with van der Waals surface area (Å²) >= 11 is 0. The molecule has 0 N–H and O–H groups in total. The topological polar surface area (TPSA) is 64.4 Å². The molecule has 2 aliphatic rings. The van der Waals surface area contributed by atoms with Gasteiger partial charge in [-0.3, -0.25) is 9.59 Å². The minimum Gasteiger partial charge on any atom is -0.338 e. The second-order valence-corrected chi connectivity index (χ2v) is 5.03. The number of carbonyl (C=O) groups excluding carboxylic acids is 2. The van der Waals surface area contributed by atoms with Gasteiger partial charge in [0.2, 0.25) is 11.8 Å². The summed E-state index contributed by atoms with van der Waals surface area (Å²) in [5.41, 5.74) is 0. The van der Waals surface area contributed by atoms with Gasteiger partial charge < -0.3 is 9.80 Å². The van der Waals surface area contributed by atoms with Crippen LogP contribution in [0.5, 0.6) is 0 Å². The van der Waals surface area contributed by atoms with Gasteiger partial charge in [0.15, 0.2) is 0 Å². The summed E-state index contributed by atoms with van der Waals surface area (Å²) in [5, 5.41) is 9.03. The highest BCUT2D eigenvalue weighted by atomic mass is 16.2. The van der Waals surface area contributed by atoms with Crippen LogP contribution in [0.25, 0.3) is 0 Å². The third kappa shape index (κ3) is 2.33. The van der Waals surface area contributed by atoms with Crippen molar-refractivity contribution in [3.05, 3.63) is 0 Å². The Balaban J connectivity index is 1.97. The van der Waals surface area contributed by atoms with Crippen molar-refractivity contribution in [1.82, 2.24) is 9.80 Å². The van der Waals surface area contributed by atoms with Crippen molar-refractivity contribution in [1.29, 1.82) is 5.26 Å². The second-order valence-electron chi connectivity index (χ2n) is 5.03. The molecule has 0 aromatic heterocycles. The van der Waals surface area contributed by atoms with E-state index in [1.165, 1.54) is 0 Å². The van der Waals surface area contributed by atoms with Crippen LogP contribution in [0.3, 0.4) is 0 Å². The SMILES string of the molecule is CCCC(C#N)C(=O)N1CCN2C(=O)CCC2C1.